The van der Waals surface area contributed by atoms with Gasteiger partial charge in [-0.1, -0.05) is 13.8 Å². The highest BCUT2D eigenvalue weighted by Gasteiger charge is 2.36. The van der Waals surface area contributed by atoms with E-state index in [1.54, 1.807) is 13.8 Å². The Morgan fingerprint density at radius 2 is 2.00 bits per heavy atom. The predicted octanol–water partition coefficient (Wildman–Crippen LogP) is 3.23. The van der Waals surface area contributed by atoms with Crippen LogP contribution in [0.15, 0.2) is 8.70 Å². The monoisotopic (exact) mass is 464 g/mol. The van der Waals surface area contributed by atoms with Gasteiger partial charge in [-0.15, -0.1) is 15.7 Å². The number of aryl methyl sites for hydroxylation is 1. The van der Waals surface area contributed by atoms with E-state index in [2.05, 4.69) is 28.5 Å². The molecule has 0 saturated heterocycles. The van der Waals surface area contributed by atoms with Gasteiger partial charge in [-0.25, -0.2) is 14.0 Å². The van der Waals surface area contributed by atoms with Gasteiger partial charge >= 0.3 is 6.03 Å². The van der Waals surface area contributed by atoms with Gasteiger partial charge < -0.3 is 15.5 Å². The van der Waals surface area contributed by atoms with Crippen molar-refractivity contribution in [2.45, 2.75) is 81.8 Å². The SMILES string of the molecule is CC(C)(O)c1sc(/[SH](=O)=N/C(=O)Nc2c3c(nc4c2CCC4(C)C)CCC3)nc1CO. The lowest BCUT2D eigenvalue weighted by Gasteiger charge is -2.20. The number of rotatable bonds is 4. The van der Waals surface area contributed by atoms with E-state index in [0.29, 0.717) is 4.88 Å². The Hall–Kier alpha value is -1.88. The molecule has 4 rings (SSSR count). The summed E-state index contributed by atoms with van der Waals surface area (Å²) in [6, 6.07) is -0.682. The number of hydrogen-bond acceptors (Lipinski definition) is 7. The molecule has 0 aliphatic heterocycles. The smallest absolute Gasteiger partial charge is 0.353 e. The van der Waals surface area contributed by atoms with Crippen LogP contribution in [0.2, 0.25) is 0 Å². The third-order valence-electron chi connectivity index (χ3n) is 5.93. The second-order valence-electron chi connectivity index (χ2n) is 9.27. The zero-order valence-corrected chi connectivity index (χ0v) is 19.9. The van der Waals surface area contributed by atoms with Crippen LogP contribution in [0.4, 0.5) is 10.5 Å². The first kappa shape index (κ1) is 22.3. The maximum absolute atomic E-state index is 12.7. The van der Waals surface area contributed by atoms with E-state index in [0.717, 1.165) is 71.6 Å². The number of anilines is 1. The number of thiazole rings is 1. The molecule has 1 atom stereocenters. The minimum atomic E-state index is -2.46. The van der Waals surface area contributed by atoms with Gasteiger partial charge in [0, 0.05) is 11.1 Å². The number of fused-ring (bicyclic) bond motifs is 2. The summed E-state index contributed by atoms with van der Waals surface area (Å²) >= 11 is 0.999. The molecule has 0 bridgehead atoms. The quantitative estimate of drug-likeness (QED) is 0.515. The van der Waals surface area contributed by atoms with Crippen LogP contribution in [0.5, 0.6) is 0 Å². The number of nitrogens with one attached hydrogen (secondary N) is 1. The van der Waals surface area contributed by atoms with Crippen molar-refractivity contribution in [3.8, 4) is 0 Å². The van der Waals surface area contributed by atoms with Crippen LogP contribution in [0.25, 0.3) is 0 Å². The largest absolute Gasteiger partial charge is 0.390 e. The molecule has 3 N–H and O–H groups in total. The number of nitrogens with zero attached hydrogens (tertiary/aromatic N) is 3. The van der Waals surface area contributed by atoms with Crippen molar-refractivity contribution in [2.24, 2.45) is 4.36 Å². The molecular formula is C21H28N4O4S2. The Balaban J connectivity index is 1.65. The first-order valence-corrected chi connectivity index (χ1v) is 12.4. The number of aliphatic hydroxyl groups excluding tert-OH is 1. The number of aromatic nitrogens is 2. The maximum atomic E-state index is 12.7. The van der Waals surface area contributed by atoms with Crippen molar-refractivity contribution < 1.29 is 19.2 Å². The summed E-state index contributed by atoms with van der Waals surface area (Å²) in [5, 5.41) is 22.6. The maximum Gasteiger partial charge on any atom is 0.353 e. The van der Waals surface area contributed by atoms with Gasteiger partial charge in [0.15, 0.2) is 4.34 Å². The number of pyridine rings is 1. The van der Waals surface area contributed by atoms with Crippen molar-refractivity contribution in [1.29, 1.82) is 0 Å². The molecule has 10 heteroatoms. The van der Waals surface area contributed by atoms with Crippen LogP contribution >= 0.6 is 11.3 Å². The number of carbonyl (C=O) groups is 1. The Bertz CT molecular complexity index is 1140. The summed E-state index contributed by atoms with van der Waals surface area (Å²) < 4.78 is 16.7. The molecule has 2 aromatic heterocycles. The molecule has 2 aromatic rings. The highest BCUT2D eigenvalue weighted by Crippen LogP contribution is 2.44. The van der Waals surface area contributed by atoms with Crippen molar-refractivity contribution in [2.75, 3.05) is 5.32 Å². The molecule has 0 aromatic carbocycles. The molecule has 2 amide bonds. The van der Waals surface area contributed by atoms with Gasteiger partial charge in [0.25, 0.3) is 0 Å². The van der Waals surface area contributed by atoms with E-state index in [1.165, 1.54) is 0 Å². The van der Waals surface area contributed by atoms with Crippen molar-refractivity contribution >= 4 is 33.7 Å². The zero-order chi connectivity index (χ0) is 22.6. The number of thiol groups is 1. The summed E-state index contributed by atoms with van der Waals surface area (Å²) in [6.07, 6.45) is 4.57. The van der Waals surface area contributed by atoms with Gasteiger partial charge in [0.05, 0.1) is 34.2 Å². The summed E-state index contributed by atoms with van der Waals surface area (Å²) in [5.41, 5.74) is 3.96. The van der Waals surface area contributed by atoms with Crippen molar-refractivity contribution in [3.05, 3.63) is 33.1 Å². The van der Waals surface area contributed by atoms with Crippen LogP contribution < -0.4 is 5.32 Å². The second-order valence-corrected chi connectivity index (χ2v) is 11.7. The molecule has 2 aliphatic carbocycles. The number of urea groups is 1. The first-order valence-electron chi connectivity index (χ1n) is 10.4. The molecule has 1 unspecified atom stereocenters. The van der Waals surface area contributed by atoms with E-state index >= 15 is 0 Å². The molecule has 0 fully saturated rings. The fraction of sp³-hybridized carbons (Fsp3) is 0.571. The molecule has 0 saturated carbocycles. The highest BCUT2D eigenvalue weighted by molar-refractivity contribution is 7.77. The number of amides is 2. The fourth-order valence-corrected chi connectivity index (χ4v) is 6.43. The standard InChI is InChI=1S/C21H28N4O4S2/c1-20(2)9-8-12-15(11-6-5-7-13(11)22-16(12)20)24-18(27)25-31(29)19-23-14(10-26)17(30-19)21(3,4)28/h26,28,31H,5-10H2,1-4H3,(H,22,24,27). The third-order valence-corrected chi connectivity index (χ3v) is 8.68. The molecule has 31 heavy (non-hydrogen) atoms. The first-order chi connectivity index (χ1) is 14.5. The average molecular weight is 465 g/mol. The fourth-order valence-electron chi connectivity index (χ4n) is 4.40. The van der Waals surface area contributed by atoms with Gasteiger partial charge in [-0.2, -0.15) is 0 Å². The van der Waals surface area contributed by atoms with Gasteiger partial charge in [0.1, 0.15) is 10.6 Å². The number of hydrogen-bond donors (Lipinski definition) is 4. The minimum absolute atomic E-state index is 0.0379. The van der Waals surface area contributed by atoms with E-state index in [-0.39, 0.29) is 15.4 Å². The normalized spacial score (nSPS) is 18.1. The average Bonchev–Trinajstić information content (AvgIpc) is 3.38. The summed E-state index contributed by atoms with van der Waals surface area (Å²) in [5.74, 6) is 0. The third kappa shape index (κ3) is 4.13. The Labute approximate surface area is 187 Å². The molecule has 168 valence electrons. The molecular weight excluding hydrogens is 436 g/mol. The van der Waals surface area contributed by atoms with Gasteiger partial charge in [-0.05, 0) is 57.1 Å². The zero-order valence-electron chi connectivity index (χ0n) is 18.2. The van der Waals surface area contributed by atoms with Crippen LogP contribution in [0, 0.1) is 0 Å². The topological polar surface area (TPSA) is 125 Å². The Kier molecular flexibility index (Phi) is 5.70. The molecule has 8 nitrogen and oxygen atoms in total. The highest BCUT2D eigenvalue weighted by atomic mass is 32.2. The molecule has 0 spiro atoms. The van der Waals surface area contributed by atoms with Crippen LogP contribution in [-0.4, -0.2) is 30.4 Å². The lowest BCUT2D eigenvalue weighted by Crippen LogP contribution is -2.17. The second kappa shape index (κ2) is 7.91. The van der Waals surface area contributed by atoms with Crippen molar-refractivity contribution in [3.63, 3.8) is 0 Å². The summed E-state index contributed by atoms with van der Waals surface area (Å²) in [6.45, 7) is 7.07. The Morgan fingerprint density at radius 3 is 2.65 bits per heavy atom. The van der Waals surface area contributed by atoms with Gasteiger partial charge in [-0.3, -0.25) is 4.98 Å². The van der Waals surface area contributed by atoms with E-state index in [4.69, 9.17) is 4.98 Å². The summed E-state index contributed by atoms with van der Waals surface area (Å²) in [4.78, 5) is 22.2. The predicted molar refractivity (Wildman–Crippen MR) is 120 cm³/mol. The minimum Gasteiger partial charge on any atom is -0.390 e. The molecule has 0 radical (unpaired) electrons. The van der Waals surface area contributed by atoms with Crippen LogP contribution in [0.1, 0.15) is 73.6 Å². The number of aliphatic hydroxyl groups is 2. The van der Waals surface area contributed by atoms with Crippen LogP contribution in [0.3, 0.4) is 0 Å². The lowest BCUT2D eigenvalue weighted by atomic mass is 9.90. The number of carbonyl (C=O) groups excluding carboxylic acids is 1. The summed E-state index contributed by atoms with van der Waals surface area (Å²) in [7, 11) is -2.46. The van der Waals surface area contributed by atoms with E-state index < -0.39 is 28.8 Å². The van der Waals surface area contributed by atoms with E-state index in [9.17, 15) is 19.2 Å². The van der Waals surface area contributed by atoms with E-state index in [1.807, 2.05) is 0 Å². The van der Waals surface area contributed by atoms with Crippen LogP contribution in [-0.2, 0) is 47.5 Å². The van der Waals surface area contributed by atoms with Crippen molar-refractivity contribution in [1.82, 2.24) is 9.97 Å². The molecule has 2 heterocycles. The molecule has 2 aliphatic rings. The Morgan fingerprint density at radius 1 is 1.26 bits per heavy atom. The van der Waals surface area contributed by atoms with Gasteiger partial charge in [0.2, 0.25) is 0 Å². The lowest BCUT2D eigenvalue weighted by molar-refractivity contribution is 0.0796.